The standard InChI is InChI=1S/C14H21N3/c1-16(14-4-5-14)6-7-17-9-11-2-3-13(15)8-12(11)10-17/h2-3,8,14H,4-7,9-10,15H2,1H3. The number of fused-ring (bicyclic) bond motifs is 1. The second kappa shape index (κ2) is 4.31. The van der Waals surface area contributed by atoms with E-state index in [1.165, 1.54) is 37.1 Å². The van der Waals surface area contributed by atoms with E-state index in [2.05, 4.69) is 29.0 Å². The van der Waals surface area contributed by atoms with Crippen LogP contribution in [0.15, 0.2) is 18.2 Å². The third-order valence-electron chi connectivity index (χ3n) is 3.96. The molecule has 0 atom stereocenters. The van der Waals surface area contributed by atoms with Crippen LogP contribution in [0.25, 0.3) is 0 Å². The van der Waals surface area contributed by atoms with Crippen LogP contribution in [-0.2, 0) is 13.1 Å². The van der Waals surface area contributed by atoms with E-state index >= 15 is 0 Å². The number of rotatable bonds is 4. The maximum atomic E-state index is 5.82. The van der Waals surface area contributed by atoms with Gasteiger partial charge < -0.3 is 10.6 Å². The molecular formula is C14H21N3. The van der Waals surface area contributed by atoms with E-state index in [1.807, 2.05) is 6.07 Å². The molecule has 1 fully saturated rings. The average molecular weight is 231 g/mol. The van der Waals surface area contributed by atoms with Crippen molar-refractivity contribution in [2.45, 2.75) is 32.0 Å². The summed E-state index contributed by atoms with van der Waals surface area (Å²) in [4.78, 5) is 5.01. The highest BCUT2D eigenvalue weighted by molar-refractivity contribution is 5.46. The Morgan fingerprint density at radius 1 is 1.29 bits per heavy atom. The third-order valence-corrected chi connectivity index (χ3v) is 3.96. The minimum absolute atomic E-state index is 0.871. The van der Waals surface area contributed by atoms with Gasteiger partial charge in [-0.15, -0.1) is 0 Å². The van der Waals surface area contributed by atoms with Crippen LogP contribution in [0, 0.1) is 0 Å². The summed E-state index contributed by atoms with van der Waals surface area (Å²) in [6.45, 7) is 4.52. The van der Waals surface area contributed by atoms with Crippen LogP contribution in [0.5, 0.6) is 0 Å². The van der Waals surface area contributed by atoms with Gasteiger partial charge in [0, 0.05) is 37.9 Å². The highest BCUT2D eigenvalue weighted by Gasteiger charge is 2.26. The summed E-state index contributed by atoms with van der Waals surface area (Å²) in [7, 11) is 2.25. The lowest BCUT2D eigenvalue weighted by Crippen LogP contribution is -2.31. The molecule has 0 spiro atoms. The van der Waals surface area contributed by atoms with E-state index in [1.54, 1.807) is 0 Å². The van der Waals surface area contributed by atoms with E-state index in [0.29, 0.717) is 0 Å². The molecule has 1 heterocycles. The first-order valence-corrected chi connectivity index (χ1v) is 6.52. The van der Waals surface area contributed by atoms with Crippen LogP contribution in [0.3, 0.4) is 0 Å². The summed E-state index contributed by atoms with van der Waals surface area (Å²) in [6.07, 6.45) is 2.79. The molecule has 3 rings (SSSR count). The van der Waals surface area contributed by atoms with Crippen LogP contribution in [-0.4, -0.2) is 36.0 Å². The molecule has 1 saturated carbocycles. The zero-order valence-corrected chi connectivity index (χ0v) is 10.5. The number of hydrogen-bond donors (Lipinski definition) is 1. The van der Waals surface area contributed by atoms with Gasteiger partial charge in [-0.3, -0.25) is 4.90 Å². The largest absolute Gasteiger partial charge is 0.399 e. The molecule has 3 nitrogen and oxygen atoms in total. The first-order chi connectivity index (χ1) is 8.22. The summed E-state index contributed by atoms with van der Waals surface area (Å²) < 4.78 is 0. The van der Waals surface area contributed by atoms with Crippen molar-refractivity contribution in [2.75, 3.05) is 25.9 Å². The lowest BCUT2D eigenvalue weighted by atomic mass is 10.1. The van der Waals surface area contributed by atoms with Crippen LogP contribution < -0.4 is 5.73 Å². The van der Waals surface area contributed by atoms with Gasteiger partial charge in [0.15, 0.2) is 0 Å². The zero-order valence-electron chi connectivity index (χ0n) is 10.5. The molecule has 0 bridgehead atoms. The van der Waals surface area contributed by atoms with E-state index in [-0.39, 0.29) is 0 Å². The number of nitrogens with zero attached hydrogens (tertiary/aromatic N) is 2. The van der Waals surface area contributed by atoms with Gasteiger partial charge in [-0.1, -0.05) is 6.07 Å². The predicted octanol–water partition coefficient (Wildman–Crippen LogP) is 1.68. The Hall–Kier alpha value is -1.06. The fraction of sp³-hybridized carbons (Fsp3) is 0.571. The molecule has 0 radical (unpaired) electrons. The van der Waals surface area contributed by atoms with Crippen molar-refractivity contribution in [2.24, 2.45) is 0 Å². The van der Waals surface area contributed by atoms with Gasteiger partial charge in [-0.05, 0) is 43.1 Å². The number of anilines is 1. The second-order valence-corrected chi connectivity index (χ2v) is 5.45. The first-order valence-electron chi connectivity index (χ1n) is 6.52. The number of likely N-dealkylation sites (N-methyl/N-ethyl adjacent to an activating group) is 1. The van der Waals surface area contributed by atoms with Crippen molar-refractivity contribution in [3.05, 3.63) is 29.3 Å². The number of nitrogen functional groups attached to an aromatic ring is 1. The Balaban J connectivity index is 1.54. The Labute approximate surface area is 103 Å². The van der Waals surface area contributed by atoms with Gasteiger partial charge >= 0.3 is 0 Å². The van der Waals surface area contributed by atoms with Crippen molar-refractivity contribution >= 4 is 5.69 Å². The fourth-order valence-corrected chi connectivity index (χ4v) is 2.64. The summed E-state index contributed by atoms with van der Waals surface area (Å²) >= 11 is 0. The molecule has 0 amide bonds. The minimum Gasteiger partial charge on any atom is -0.399 e. The second-order valence-electron chi connectivity index (χ2n) is 5.45. The number of benzene rings is 1. The Morgan fingerprint density at radius 2 is 2.06 bits per heavy atom. The Morgan fingerprint density at radius 3 is 2.82 bits per heavy atom. The van der Waals surface area contributed by atoms with Crippen molar-refractivity contribution < 1.29 is 0 Å². The van der Waals surface area contributed by atoms with Crippen LogP contribution in [0.4, 0.5) is 5.69 Å². The summed E-state index contributed by atoms with van der Waals surface area (Å²) in [6, 6.07) is 7.18. The fourth-order valence-electron chi connectivity index (χ4n) is 2.64. The molecule has 2 aliphatic rings. The lowest BCUT2D eigenvalue weighted by Gasteiger charge is -2.20. The molecule has 0 saturated heterocycles. The smallest absolute Gasteiger partial charge is 0.0317 e. The highest BCUT2D eigenvalue weighted by atomic mass is 15.2. The molecule has 1 aliphatic carbocycles. The number of nitrogens with two attached hydrogens (primary N) is 1. The van der Waals surface area contributed by atoms with Crippen LogP contribution in [0.1, 0.15) is 24.0 Å². The quantitative estimate of drug-likeness (QED) is 0.800. The van der Waals surface area contributed by atoms with Gasteiger partial charge in [-0.2, -0.15) is 0 Å². The molecule has 0 unspecified atom stereocenters. The summed E-state index contributed by atoms with van der Waals surface area (Å²) in [5.74, 6) is 0. The monoisotopic (exact) mass is 231 g/mol. The SMILES string of the molecule is CN(CCN1Cc2ccc(N)cc2C1)C1CC1. The van der Waals surface area contributed by atoms with Gasteiger partial charge in [0.05, 0.1) is 0 Å². The topological polar surface area (TPSA) is 32.5 Å². The van der Waals surface area contributed by atoms with Crippen LogP contribution >= 0.6 is 0 Å². The van der Waals surface area contributed by atoms with Crippen molar-refractivity contribution in [1.82, 2.24) is 9.80 Å². The van der Waals surface area contributed by atoms with E-state index < -0.39 is 0 Å². The normalized spacial score (nSPS) is 19.9. The van der Waals surface area contributed by atoms with E-state index in [0.717, 1.165) is 24.8 Å². The number of hydrogen-bond acceptors (Lipinski definition) is 3. The van der Waals surface area contributed by atoms with Crippen molar-refractivity contribution in [3.8, 4) is 0 Å². The van der Waals surface area contributed by atoms with Crippen molar-refractivity contribution in [1.29, 1.82) is 0 Å². The minimum atomic E-state index is 0.871. The molecule has 92 valence electrons. The highest BCUT2D eigenvalue weighted by Crippen LogP contribution is 2.27. The molecule has 17 heavy (non-hydrogen) atoms. The Kier molecular flexibility index (Phi) is 2.81. The maximum Gasteiger partial charge on any atom is 0.0317 e. The molecular weight excluding hydrogens is 210 g/mol. The lowest BCUT2D eigenvalue weighted by molar-refractivity contribution is 0.224. The molecule has 3 heteroatoms. The van der Waals surface area contributed by atoms with Gasteiger partial charge in [0.2, 0.25) is 0 Å². The molecule has 1 aliphatic heterocycles. The van der Waals surface area contributed by atoms with Gasteiger partial charge in [-0.25, -0.2) is 0 Å². The zero-order chi connectivity index (χ0) is 11.8. The molecule has 1 aromatic rings. The molecule has 0 aromatic heterocycles. The van der Waals surface area contributed by atoms with Crippen LogP contribution in [0.2, 0.25) is 0 Å². The van der Waals surface area contributed by atoms with Gasteiger partial charge in [0.1, 0.15) is 0 Å². The van der Waals surface area contributed by atoms with Crippen molar-refractivity contribution in [3.63, 3.8) is 0 Å². The van der Waals surface area contributed by atoms with E-state index in [9.17, 15) is 0 Å². The summed E-state index contributed by atoms with van der Waals surface area (Å²) in [5, 5.41) is 0. The third kappa shape index (κ3) is 2.45. The predicted molar refractivity (Wildman–Crippen MR) is 70.6 cm³/mol. The maximum absolute atomic E-state index is 5.82. The van der Waals surface area contributed by atoms with Gasteiger partial charge in [0.25, 0.3) is 0 Å². The molecule has 1 aromatic carbocycles. The van der Waals surface area contributed by atoms with E-state index in [4.69, 9.17) is 5.73 Å². The average Bonchev–Trinajstić information content (AvgIpc) is 3.07. The summed E-state index contributed by atoms with van der Waals surface area (Å²) in [5.41, 5.74) is 9.58. The molecule has 2 N–H and O–H groups in total. The Bertz CT molecular complexity index is 412. The first kappa shape index (κ1) is 11.1.